The van der Waals surface area contributed by atoms with Crippen molar-refractivity contribution in [3.05, 3.63) is 87.7 Å². The maximum absolute atomic E-state index is 12.2. The molecule has 0 amide bonds. The van der Waals surface area contributed by atoms with Gasteiger partial charge in [-0.15, -0.1) is 0 Å². The van der Waals surface area contributed by atoms with Crippen LogP contribution in [-0.4, -0.2) is 8.42 Å². The van der Waals surface area contributed by atoms with E-state index < -0.39 is 9.84 Å². The van der Waals surface area contributed by atoms with Gasteiger partial charge in [0.25, 0.3) is 0 Å². The maximum Gasteiger partial charge on any atom is 0.175 e. The zero-order chi connectivity index (χ0) is 16.3. The third-order valence-electron chi connectivity index (χ3n) is 3.52. The minimum absolute atomic E-state index is 0.00433. The first-order valence-corrected chi connectivity index (χ1v) is 9.67. The summed E-state index contributed by atoms with van der Waals surface area (Å²) < 4.78 is 25.4. The first kappa shape index (κ1) is 16.0. The van der Waals surface area contributed by atoms with E-state index in [1.165, 1.54) is 5.41 Å². The third-order valence-corrected chi connectivity index (χ3v) is 5.34. The minimum atomic E-state index is -3.29. The SMILES string of the molecule is O=S(=O)(C=Cc1ccc2ccccc2c1)Cc1ccc(Br)cc1. The van der Waals surface area contributed by atoms with E-state index >= 15 is 0 Å². The van der Waals surface area contributed by atoms with Gasteiger partial charge in [0.1, 0.15) is 0 Å². The van der Waals surface area contributed by atoms with Crippen LogP contribution in [0.1, 0.15) is 11.1 Å². The molecule has 3 aromatic carbocycles. The van der Waals surface area contributed by atoms with Crippen LogP contribution in [0.2, 0.25) is 0 Å². The summed E-state index contributed by atoms with van der Waals surface area (Å²) in [6.07, 6.45) is 1.65. The fraction of sp³-hybridized carbons (Fsp3) is 0.0526. The molecular formula is C19H15BrO2S. The van der Waals surface area contributed by atoms with E-state index in [2.05, 4.69) is 15.9 Å². The van der Waals surface area contributed by atoms with Crippen LogP contribution in [0.15, 0.2) is 76.6 Å². The Bertz CT molecular complexity index is 958. The highest BCUT2D eigenvalue weighted by atomic mass is 79.9. The van der Waals surface area contributed by atoms with E-state index in [1.807, 2.05) is 66.7 Å². The van der Waals surface area contributed by atoms with Gasteiger partial charge in [0.2, 0.25) is 0 Å². The number of hydrogen-bond acceptors (Lipinski definition) is 2. The number of hydrogen-bond donors (Lipinski definition) is 0. The van der Waals surface area contributed by atoms with E-state index in [9.17, 15) is 8.42 Å². The van der Waals surface area contributed by atoms with Gasteiger partial charge in [0.05, 0.1) is 5.75 Å². The van der Waals surface area contributed by atoms with Gasteiger partial charge in [-0.1, -0.05) is 64.5 Å². The van der Waals surface area contributed by atoms with Crippen molar-refractivity contribution in [2.24, 2.45) is 0 Å². The lowest BCUT2D eigenvalue weighted by atomic mass is 10.1. The van der Waals surface area contributed by atoms with Crippen LogP contribution in [0.5, 0.6) is 0 Å². The van der Waals surface area contributed by atoms with Crippen molar-refractivity contribution in [2.45, 2.75) is 5.75 Å². The summed E-state index contributed by atoms with van der Waals surface area (Å²) in [7, 11) is -3.29. The second kappa shape index (κ2) is 6.69. The van der Waals surface area contributed by atoms with Gasteiger partial charge < -0.3 is 0 Å². The van der Waals surface area contributed by atoms with Gasteiger partial charge in [0, 0.05) is 9.88 Å². The molecule has 0 spiro atoms. The lowest BCUT2D eigenvalue weighted by Crippen LogP contribution is -1.99. The van der Waals surface area contributed by atoms with Crippen molar-refractivity contribution >= 4 is 42.6 Å². The Hall–Kier alpha value is -1.91. The molecule has 0 fully saturated rings. The largest absolute Gasteiger partial charge is 0.224 e. The molecule has 0 heterocycles. The molecule has 3 aromatic rings. The molecule has 2 nitrogen and oxygen atoms in total. The van der Waals surface area contributed by atoms with E-state index in [1.54, 1.807) is 6.08 Å². The van der Waals surface area contributed by atoms with E-state index in [4.69, 9.17) is 0 Å². The topological polar surface area (TPSA) is 34.1 Å². The second-order valence-corrected chi connectivity index (χ2v) is 8.15. The number of halogens is 1. The Balaban J connectivity index is 1.80. The van der Waals surface area contributed by atoms with Crippen molar-refractivity contribution in [3.8, 4) is 0 Å². The van der Waals surface area contributed by atoms with Gasteiger partial charge in [-0.3, -0.25) is 0 Å². The van der Waals surface area contributed by atoms with Gasteiger partial charge >= 0.3 is 0 Å². The summed E-state index contributed by atoms with van der Waals surface area (Å²) in [5.74, 6) is 0.00433. The van der Waals surface area contributed by atoms with Crippen LogP contribution in [-0.2, 0) is 15.6 Å². The van der Waals surface area contributed by atoms with Crippen LogP contribution in [0, 0.1) is 0 Å². The molecule has 0 saturated carbocycles. The Labute approximate surface area is 144 Å². The van der Waals surface area contributed by atoms with Crippen LogP contribution in [0.25, 0.3) is 16.8 Å². The fourth-order valence-corrected chi connectivity index (χ4v) is 3.74. The first-order chi connectivity index (χ1) is 11.0. The first-order valence-electron chi connectivity index (χ1n) is 7.16. The average molecular weight is 387 g/mol. The molecule has 116 valence electrons. The Kier molecular flexibility index (Phi) is 4.64. The Morgan fingerprint density at radius 2 is 1.57 bits per heavy atom. The van der Waals surface area contributed by atoms with E-state index in [0.717, 1.165) is 26.4 Å². The highest BCUT2D eigenvalue weighted by Gasteiger charge is 2.07. The predicted molar refractivity (Wildman–Crippen MR) is 99.7 cm³/mol. The smallest absolute Gasteiger partial charge is 0.175 e. The Morgan fingerprint density at radius 3 is 2.30 bits per heavy atom. The monoisotopic (exact) mass is 386 g/mol. The molecule has 3 rings (SSSR count). The lowest BCUT2D eigenvalue weighted by Gasteiger charge is -2.01. The van der Waals surface area contributed by atoms with E-state index in [-0.39, 0.29) is 5.75 Å². The number of fused-ring (bicyclic) bond motifs is 1. The van der Waals surface area contributed by atoms with Crippen molar-refractivity contribution in [1.29, 1.82) is 0 Å². The molecule has 0 atom stereocenters. The zero-order valence-corrected chi connectivity index (χ0v) is 14.7. The third kappa shape index (κ3) is 4.30. The summed E-state index contributed by atoms with van der Waals surface area (Å²) in [6, 6.07) is 21.2. The summed E-state index contributed by atoms with van der Waals surface area (Å²) in [5, 5.41) is 3.53. The minimum Gasteiger partial charge on any atom is -0.224 e. The van der Waals surface area contributed by atoms with Gasteiger partial charge in [-0.05, 0) is 46.2 Å². The summed E-state index contributed by atoms with van der Waals surface area (Å²) in [5.41, 5.74) is 1.65. The van der Waals surface area contributed by atoms with Crippen LogP contribution in [0.3, 0.4) is 0 Å². The van der Waals surface area contributed by atoms with Crippen molar-refractivity contribution in [2.75, 3.05) is 0 Å². The standard InChI is InChI=1S/C19H15BrO2S/c20-19-9-6-16(7-10-19)14-23(21,22)12-11-15-5-8-17-3-1-2-4-18(17)13-15/h1-13H,14H2. The molecule has 0 aliphatic carbocycles. The normalized spacial score (nSPS) is 12.0. The molecule has 0 N–H and O–H groups in total. The molecule has 0 saturated heterocycles. The maximum atomic E-state index is 12.2. The number of benzene rings is 3. The lowest BCUT2D eigenvalue weighted by molar-refractivity contribution is 0.604. The second-order valence-electron chi connectivity index (χ2n) is 5.34. The summed E-state index contributed by atoms with van der Waals surface area (Å²) in [4.78, 5) is 0. The van der Waals surface area contributed by atoms with Crippen molar-refractivity contribution in [1.82, 2.24) is 0 Å². The molecule has 0 aromatic heterocycles. The predicted octanol–water partition coefficient (Wildman–Crippen LogP) is 5.19. The van der Waals surface area contributed by atoms with Crippen LogP contribution >= 0.6 is 15.9 Å². The number of sulfone groups is 1. The molecule has 0 aliphatic heterocycles. The summed E-state index contributed by atoms with van der Waals surface area (Å²) in [6.45, 7) is 0. The molecule has 0 radical (unpaired) electrons. The molecule has 4 heteroatoms. The molecule has 0 aliphatic rings. The van der Waals surface area contributed by atoms with Crippen molar-refractivity contribution < 1.29 is 8.42 Å². The number of rotatable bonds is 4. The zero-order valence-electron chi connectivity index (χ0n) is 12.3. The highest BCUT2D eigenvalue weighted by molar-refractivity contribution is 9.10. The quantitative estimate of drug-likeness (QED) is 0.618. The molecule has 0 bridgehead atoms. The average Bonchev–Trinajstić information content (AvgIpc) is 2.55. The summed E-state index contributed by atoms with van der Waals surface area (Å²) >= 11 is 3.34. The Morgan fingerprint density at radius 1 is 0.870 bits per heavy atom. The van der Waals surface area contributed by atoms with Crippen LogP contribution in [0.4, 0.5) is 0 Å². The van der Waals surface area contributed by atoms with Crippen LogP contribution < -0.4 is 0 Å². The van der Waals surface area contributed by atoms with Gasteiger partial charge in [-0.25, -0.2) is 8.42 Å². The highest BCUT2D eigenvalue weighted by Crippen LogP contribution is 2.18. The molecule has 0 unspecified atom stereocenters. The van der Waals surface area contributed by atoms with Crippen molar-refractivity contribution in [3.63, 3.8) is 0 Å². The van der Waals surface area contributed by atoms with Gasteiger partial charge in [-0.2, -0.15) is 0 Å². The fourth-order valence-electron chi connectivity index (χ4n) is 2.35. The van der Waals surface area contributed by atoms with E-state index in [0.29, 0.717) is 0 Å². The van der Waals surface area contributed by atoms with Gasteiger partial charge in [0.15, 0.2) is 9.84 Å². The molecule has 23 heavy (non-hydrogen) atoms. The molecular weight excluding hydrogens is 372 g/mol.